The summed E-state index contributed by atoms with van der Waals surface area (Å²) in [7, 11) is 5.69. The highest BCUT2D eigenvalue weighted by molar-refractivity contribution is 6.10. The summed E-state index contributed by atoms with van der Waals surface area (Å²) in [6, 6.07) is 8.68. The summed E-state index contributed by atoms with van der Waals surface area (Å²) >= 11 is 0. The van der Waals surface area contributed by atoms with Crippen LogP contribution in [0.1, 0.15) is 5.56 Å². The molecule has 0 aliphatic rings. The Bertz CT molecular complexity index is 1020. The van der Waals surface area contributed by atoms with Gasteiger partial charge < -0.3 is 24.3 Å². The van der Waals surface area contributed by atoms with E-state index >= 15 is 0 Å². The zero-order valence-corrected chi connectivity index (χ0v) is 16.7. The van der Waals surface area contributed by atoms with E-state index in [2.05, 4.69) is 5.32 Å². The number of ether oxygens (including phenoxy) is 4. The highest BCUT2D eigenvalue weighted by atomic mass is 16.6. The van der Waals surface area contributed by atoms with Crippen LogP contribution in [0.3, 0.4) is 0 Å². The van der Waals surface area contributed by atoms with Crippen molar-refractivity contribution in [2.45, 2.75) is 0 Å². The number of non-ortho nitro benzene ring substituents is 1. The van der Waals surface area contributed by atoms with Crippen LogP contribution >= 0.6 is 0 Å². The van der Waals surface area contributed by atoms with Crippen LogP contribution in [-0.4, -0.2) is 39.3 Å². The van der Waals surface area contributed by atoms with E-state index in [0.717, 1.165) is 6.07 Å². The molecule has 0 unspecified atom stereocenters. The SMILES string of the molecule is COc1ccc([N+](=O)[O-])cc1NC(=O)/C(C#N)=C/c1cc(OC)c(OC)c(OC)c1. The monoisotopic (exact) mass is 413 g/mol. The number of hydrogen-bond donors (Lipinski definition) is 1. The van der Waals surface area contributed by atoms with Gasteiger partial charge in [0.05, 0.1) is 39.0 Å². The van der Waals surface area contributed by atoms with Gasteiger partial charge in [-0.3, -0.25) is 14.9 Å². The first-order chi connectivity index (χ1) is 14.4. The first-order valence-corrected chi connectivity index (χ1v) is 8.44. The molecular formula is C20H19N3O7. The van der Waals surface area contributed by atoms with Crippen molar-refractivity contribution in [3.8, 4) is 29.1 Å². The second-order valence-electron chi connectivity index (χ2n) is 5.72. The molecule has 0 aliphatic heterocycles. The number of methoxy groups -OCH3 is 4. The Balaban J connectivity index is 2.42. The number of nitriles is 1. The van der Waals surface area contributed by atoms with Gasteiger partial charge in [-0.15, -0.1) is 0 Å². The van der Waals surface area contributed by atoms with E-state index < -0.39 is 10.8 Å². The quantitative estimate of drug-likeness (QED) is 0.302. The lowest BCUT2D eigenvalue weighted by molar-refractivity contribution is -0.384. The Hall–Kier alpha value is -4.26. The summed E-state index contributed by atoms with van der Waals surface area (Å²) in [6.45, 7) is 0. The zero-order valence-electron chi connectivity index (χ0n) is 16.7. The molecular weight excluding hydrogens is 394 g/mol. The topological polar surface area (TPSA) is 133 Å². The molecule has 0 fully saturated rings. The lowest BCUT2D eigenvalue weighted by atomic mass is 10.1. The number of carbonyl (C=O) groups is 1. The van der Waals surface area contributed by atoms with Crippen LogP contribution < -0.4 is 24.3 Å². The highest BCUT2D eigenvalue weighted by Gasteiger charge is 2.18. The molecule has 0 heterocycles. The summed E-state index contributed by atoms with van der Waals surface area (Å²) in [5.41, 5.74) is 0.0148. The van der Waals surface area contributed by atoms with Crippen molar-refractivity contribution in [3.05, 3.63) is 51.6 Å². The molecule has 1 N–H and O–H groups in total. The number of nitro benzene ring substituents is 1. The highest BCUT2D eigenvalue weighted by Crippen LogP contribution is 2.38. The molecule has 2 rings (SSSR count). The number of amides is 1. The molecule has 0 saturated carbocycles. The van der Waals surface area contributed by atoms with Crippen LogP contribution in [0.25, 0.3) is 6.08 Å². The molecule has 156 valence electrons. The molecule has 10 heteroatoms. The third-order valence-electron chi connectivity index (χ3n) is 4.01. The number of rotatable bonds is 8. The molecule has 0 aliphatic carbocycles. The lowest BCUT2D eigenvalue weighted by Gasteiger charge is -2.13. The number of anilines is 1. The minimum absolute atomic E-state index is 0.0581. The molecule has 0 saturated heterocycles. The number of nitrogens with zero attached hydrogens (tertiary/aromatic N) is 2. The van der Waals surface area contributed by atoms with Crippen molar-refractivity contribution in [1.29, 1.82) is 5.26 Å². The summed E-state index contributed by atoms with van der Waals surface area (Å²) in [5.74, 6) is 0.493. The molecule has 30 heavy (non-hydrogen) atoms. The van der Waals surface area contributed by atoms with Gasteiger partial charge in [0.2, 0.25) is 5.75 Å². The van der Waals surface area contributed by atoms with E-state index in [1.807, 2.05) is 6.07 Å². The van der Waals surface area contributed by atoms with Gasteiger partial charge in [0.1, 0.15) is 17.4 Å². The molecule has 10 nitrogen and oxygen atoms in total. The number of nitrogens with one attached hydrogen (secondary N) is 1. The molecule has 0 aromatic heterocycles. The fraction of sp³-hybridized carbons (Fsp3) is 0.200. The van der Waals surface area contributed by atoms with Gasteiger partial charge in [0, 0.05) is 12.1 Å². The number of hydrogen-bond acceptors (Lipinski definition) is 8. The Morgan fingerprint density at radius 1 is 1.03 bits per heavy atom. The first kappa shape index (κ1) is 22.0. The Labute approximate surface area is 172 Å². The maximum Gasteiger partial charge on any atom is 0.271 e. The van der Waals surface area contributed by atoms with Crippen molar-refractivity contribution in [1.82, 2.24) is 0 Å². The summed E-state index contributed by atoms with van der Waals surface area (Å²) in [5, 5.41) is 22.9. The minimum Gasteiger partial charge on any atom is -0.495 e. The second kappa shape index (κ2) is 9.79. The van der Waals surface area contributed by atoms with Gasteiger partial charge in [-0.05, 0) is 29.8 Å². The Morgan fingerprint density at radius 3 is 2.10 bits per heavy atom. The molecule has 0 spiro atoms. The van der Waals surface area contributed by atoms with E-state index in [-0.39, 0.29) is 22.7 Å². The fourth-order valence-electron chi connectivity index (χ4n) is 2.60. The summed E-state index contributed by atoms with van der Waals surface area (Å²) in [4.78, 5) is 23.0. The number of nitro groups is 1. The predicted octanol–water partition coefficient (Wildman–Crippen LogP) is 3.17. The van der Waals surface area contributed by atoms with E-state index in [4.69, 9.17) is 18.9 Å². The number of benzene rings is 2. The molecule has 0 bridgehead atoms. The van der Waals surface area contributed by atoms with Gasteiger partial charge in [0.25, 0.3) is 11.6 Å². The van der Waals surface area contributed by atoms with Crippen LogP contribution in [0.5, 0.6) is 23.0 Å². The third kappa shape index (κ3) is 4.77. The van der Waals surface area contributed by atoms with Gasteiger partial charge in [-0.2, -0.15) is 5.26 Å². The molecule has 2 aromatic rings. The van der Waals surface area contributed by atoms with Crippen LogP contribution in [0.2, 0.25) is 0 Å². The third-order valence-corrected chi connectivity index (χ3v) is 4.01. The van der Waals surface area contributed by atoms with Crippen molar-refractivity contribution in [3.63, 3.8) is 0 Å². The summed E-state index contributed by atoms with van der Waals surface area (Å²) in [6.07, 6.45) is 1.32. The first-order valence-electron chi connectivity index (χ1n) is 8.44. The van der Waals surface area contributed by atoms with E-state index in [1.54, 1.807) is 12.1 Å². The van der Waals surface area contributed by atoms with E-state index in [9.17, 15) is 20.2 Å². The maximum atomic E-state index is 12.6. The van der Waals surface area contributed by atoms with Crippen molar-refractivity contribution in [2.75, 3.05) is 33.8 Å². The van der Waals surface area contributed by atoms with E-state index in [1.165, 1.54) is 46.6 Å². The van der Waals surface area contributed by atoms with Gasteiger partial charge in [0.15, 0.2) is 11.5 Å². The Morgan fingerprint density at radius 2 is 1.63 bits per heavy atom. The average molecular weight is 413 g/mol. The van der Waals surface area contributed by atoms with Gasteiger partial charge in [-0.25, -0.2) is 0 Å². The standard InChI is InChI=1S/C20H19N3O7/c1-27-16-6-5-14(23(25)26)10-15(16)22-20(24)13(11-21)7-12-8-17(28-2)19(30-4)18(9-12)29-3/h5-10H,1-4H3,(H,22,24)/b13-7+. The minimum atomic E-state index is -0.773. The van der Waals surface area contributed by atoms with Gasteiger partial charge in [-0.1, -0.05) is 0 Å². The van der Waals surface area contributed by atoms with Crippen LogP contribution in [-0.2, 0) is 4.79 Å². The van der Waals surface area contributed by atoms with Gasteiger partial charge >= 0.3 is 0 Å². The number of carbonyl (C=O) groups excluding carboxylic acids is 1. The zero-order chi connectivity index (χ0) is 22.3. The van der Waals surface area contributed by atoms with Crippen LogP contribution in [0.15, 0.2) is 35.9 Å². The average Bonchev–Trinajstić information content (AvgIpc) is 2.76. The van der Waals surface area contributed by atoms with Crippen LogP contribution in [0.4, 0.5) is 11.4 Å². The Kier molecular flexibility index (Phi) is 7.19. The van der Waals surface area contributed by atoms with Crippen LogP contribution in [0, 0.1) is 21.4 Å². The molecule has 1 amide bonds. The van der Waals surface area contributed by atoms with Crippen molar-refractivity contribution in [2.24, 2.45) is 0 Å². The largest absolute Gasteiger partial charge is 0.495 e. The van der Waals surface area contributed by atoms with Crippen molar-refractivity contribution < 1.29 is 28.7 Å². The maximum absolute atomic E-state index is 12.6. The second-order valence-corrected chi connectivity index (χ2v) is 5.72. The van der Waals surface area contributed by atoms with Crippen molar-refractivity contribution >= 4 is 23.4 Å². The molecule has 0 atom stereocenters. The molecule has 0 radical (unpaired) electrons. The predicted molar refractivity (Wildman–Crippen MR) is 108 cm³/mol. The molecule has 2 aromatic carbocycles. The van der Waals surface area contributed by atoms with E-state index in [0.29, 0.717) is 22.8 Å². The smallest absolute Gasteiger partial charge is 0.271 e. The summed E-state index contributed by atoms with van der Waals surface area (Å²) < 4.78 is 20.9. The lowest BCUT2D eigenvalue weighted by Crippen LogP contribution is -2.14. The fourth-order valence-corrected chi connectivity index (χ4v) is 2.60. The normalized spacial score (nSPS) is 10.6.